The number of non-ortho nitro benzene ring substituents is 2. The summed E-state index contributed by atoms with van der Waals surface area (Å²) in [6.45, 7) is 0. The van der Waals surface area contributed by atoms with Crippen molar-refractivity contribution in [3.05, 3.63) is 71.8 Å². The highest BCUT2D eigenvalue weighted by atomic mass is 127. The third kappa shape index (κ3) is 5.15. The lowest BCUT2D eigenvalue weighted by atomic mass is 10.1. The molecule has 25 heavy (non-hydrogen) atoms. The lowest BCUT2D eigenvalue weighted by Gasteiger charge is -2.09. The summed E-state index contributed by atoms with van der Waals surface area (Å²) in [6.07, 6.45) is 0. The molecule has 2 rings (SSSR count). The van der Waals surface area contributed by atoms with Crippen LogP contribution in [0.2, 0.25) is 0 Å². The molecule has 0 radical (unpaired) electrons. The van der Waals surface area contributed by atoms with Crippen LogP contribution in [0.1, 0.15) is 10.4 Å². The van der Waals surface area contributed by atoms with E-state index in [9.17, 15) is 25.0 Å². The number of amides is 1. The molecule has 2 aromatic rings. The van der Waals surface area contributed by atoms with E-state index >= 15 is 0 Å². The summed E-state index contributed by atoms with van der Waals surface area (Å²) in [5.41, 5.74) is -0.727. The predicted octanol–water partition coefficient (Wildman–Crippen LogP) is 3.23. The second-order valence-electron chi connectivity index (χ2n) is 4.67. The van der Waals surface area contributed by atoms with E-state index in [1.54, 1.807) is 12.1 Å². The number of rotatable bonds is 4. The number of benzene rings is 2. The van der Waals surface area contributed by atoms with Crippen molar-refractivity contribution in [2.75, 3.05) is 5.32 Å². The molecule has 0 aromatic heterocycles. The van der Waals surface area contributed by atoms with Gasteiger partial charge < -0.3 is 5.32 Å². The fraction of sp³-hybridized carbons (Fsp3) is 0. The van der Waals surface area contributed by atoms with Crippen molar-refractivity contribution in [1.82, 2.24) is 5.32 Å². The molecule has 0 aliphatic heterocycles. The van der Waals surface area contributed by atoms with E-state index in [1.165, 1.54) is 0 Å². The first-order valence-electron chi connectivity index (χ1n) is 6.58. The van der Waals surface area contributed by atoms with Crippen molar-refractivity contribution >= 4 is 62.9 Å². The number of anilines is 1. The monoisotopic (exact) mass is 472 g/mol. The SMILES string of the molecule is O=C(NC(=S)Nc1ccc(I)cc1)c1cc([N+](=O)[O-])cc([N+](=O)[O-])c1. The Hall–Kier alpha value is -2.67. The molecule has 0 saturated heterocycles. The van der Waals surface area contributed by atoms with E-state index in [4.69, 9.17) is 12.2 Å². The smallest absolute Gasteiger partial charge is 0.277 e. The Morgan fingerprint density at radius 3 is 2.00 bits per heavy atom. The van der Waals surface area contributed by atoms with Gasteiger partial charge in [0.25, 0.3) is 17.3 Å². The molecule has 11 heteroatoms. The van der Waals surface area contributed by atoms with Gasteiger partial charge in [-0.05, 0) is 59.1 Å². The first kappa shape index (κ1) is 18.7. The van der Waals surface area contributed by atoms with Gasteiger partial charge in [0.05, 0.1) is 21.5 Å². The van der Waals surface area contributed by atoms with Crippen LogP contribution in [0.25, 0.3) is 0 Å². The summed E-state index contributed by atoms with van der Waals surface area (Å²) in [4.78, 5) is 32.2. The maximum atomic E-state index is 12.2. The molecule has 128 valence electrons. The zero-order valence-corrected chi connectivity index (χ0v) is 15.2. The fourth-order valence-corrected chi connectivity index (χ4v) is 2.38. The van der Waals surface area contributed by atoms with Crippen LogP contribution in [0.15, 0.2) is 42.5 Å². The highest BCUT2D eigenvalue weighted by Crippen LogP contribution is 2.22. The summed E-state index contributed by atoms with van der Waals surface area (Å²) in [5.74, 6) is -0.796. The number of hydrogen-bond donors (Lipinski definition) is 2. The average molecular weight is 472 g/mol. The number of thiocarbonyl (C=S) groups is 1. The number of halogens is 1. The minimum Gasteiger partial charge on any atom is -0.332 e. The Balaban J connectivity index is 2.16. The molecule has 2 N–H and O–H groups in total. The summed E-state index contributed by atoms with van der Waals surface area (Å²) < 4.78 is 1.02. The molecular formula is C14H9IN4O5S. The lowest BCUT2D eigenvalue weighted by Crippen LogP contribution is -2.34. The van der Waals surface area contributed by atoms with Crippen molar-refractivity contribution in [2.45, 2.75) is 0 Å². The Kier molecular flexibility index (Phi) is 5.93. The Morgan fingerprint density at radius 1 is 1.00 bits per heavy atom. The third-order valence-corrected chi connectivity index (χ3v) is 3.84. The predicted molar refractivity (Wildman–Crippen MR) is 103 cm³/mol. The normalized spacial score (nSPS) is 9.96. The van der Waals surface area contributed by atoms with Crippen molar-refractivity contribution < 1.29 is 14.6 Å². The number of nitrogens with one attached hydrogen (secondary N) is 2. The van der Waals surface area contributed by atoms with Gasteiger partial charge in [-0.2, -0.15) is 0 Å². The molecule has 1 amide bonds. The van der Waals surface area contributed by atoms with Crippen molar-refractivity contribution in [3.63, 3.8) is 0 Å². The molecule has 0 atom stereocenters. The van der Waals surface area contributed by atoms with Crippen LogP contribution in [0.5, 0.6) is 0 Å². The first-order valence-corrected chi connectivity index (χ1v) is 8.07. The van der Waals surface area contributed by atoms with Gasteiger partial charge in [-0.1, -0.05) is 0 Å². The summed E-state index contributed by atoms with van der Waals surface area (Å²) in [6, 6.07) is 9.82. The van der Waals surface area contributed by atoms with Gasteiger partial charge in [0.2, 0.25) is 0 Å². The molecule has 0 saturated carbocycles. The largest absolute Gasteiger partial charge is 0.332 e. The maximum Gasteiger partial charge on any atom is 0.277 e. The van der Waals surface area contributed by atoms with Crippen molar-refractivity contribution in [2.24, 2.45) is 0 Å². The second kappa shape index (κ2) is 7.94. The second-order valence-corrected chi connectivity index (χ2v) is 6.32. The number of carbonyl (C=O) groups is 1. The maximum absolute atomic E-state index is 12.2. The zero-order valence-electron chi connectivity index (χ0n) is 12.3. The minimum absolute atomic E-state index is 0.0413. The Morgan fingerprint density at radius 2 is 1.52 bits per heavy atom. The summed E-state index contributed by atoms with van der Waals surface area (Å²) in [5, 5.41) is 26.8. The molecule has 0 fully saturated rings. The number of nitrogens with zero attached hydrogens (tertiary/aromatic N) is 2. The Labute approximate surface area is 159 Å². The number of hydrogen-bond acceptors (Lipinski definition) is 6. The van der Waals surface area contributed by atoms with Crippen LogP contribution in [0.3, 0.4) is 0 Å². The Bertz CT molecular complexity index is 840. The van der Waals surface area contributed by atoms with Gasteiger partial charge in [0, 0.05) is 21.4 Å². The lowest BCUT2D eigenvalue weighted by molar-refractivity contribution is -0.394. The van der Waals surface area contributed by atoms with E-state index in [0.717, 1.165) is 21.8 Å². The van der Waals surface area contributed by atoms with Crippen LogP contribution in [-0.2, 0) is 0 Å². The molecule has 0 unspecified atom stereocenters. The van der Waals surface area contributed by atoms with Crippen LogP contribution >= 0.6 is 34.8 Å². The van der Waals surface area contributed by atoms with E-state index in [1.807, 2.05) is 12.1 Å². The minimum atomic E-state index is -0.814. The standard InChI is InChI=1S/C14H9IN4O5S/c15-9-1-3-10(4-2-9)16-14(25)17-13(20)8-5-11(18(21)22)7-12(6-8)19(23)24/h1-7H,(H2,16,17,20,25). The van der Waals surface area contributed by atoms with Crippen molar-refractivity contribution in [3.8, 4) is 0 Å². The molecule has 0 heterocycles. The molecule has 9 nitrogen and oxygen atoms in total. The van der Waals surface area contributed by atoms with E-state index in [0.29, 0.717) is 5.69 Å². The third-order valence-electron chi connectivity index (χ3n) is 2.92. The topological polar surface area (TPSA) is 127 Å². The molecule has 2 aromatic carbocycles. The van der Waals surface area contributed by atoms with E-state index in [-0.39, 0.29) is 10.7 Å². The quantitative estimate of drug-likeness (QED) is 0.303. The molecular weight excluding hydrogens is 463 g/mol. The summed E-state index contributed by atoms with van der Waals surface area (Å²) in [7, 11) is 0. The fourth-order valence-electron chi connectivity index (χ4n) is 1.81. The van der Waals surface area contributed by atoms with Gasteiger partial charge in [0.15, 0.2) is 5.11 Å². The van der Waals surface area contributed by atoms with Gasteiger partial charge in [0.1, 0.15) is 0 Å². The molecule has 0 aliphatic carbocycles. The van der Waals surface area contributed by atoms with E-state index in [2.05, 4.69) is 33.2 Å². The zero-order chi connectivity index (χ0) is 18.6. The van der Waals surface area contributed by atoms with Gasteiger partial charge in [-0.3, -0.25) is 30.3 Å². The number of nitro benzene ring substituents is 2. The molecule has 0 aliphatic rings. The molecule has 0 spiro atoms. The first-order chi connectivity index (χ1) is 11.8. The van der Waals surface area contributed by atoms with Gasteiger partial charge >= 0.3 is 0 Å². The van der Waals surface area contributed by atoms with Crippen molar-refractivity contribution in [1.29, 1.82) is 0 Å². The van der Waals surface area contributed by atoms with Gasteiger partial charge in [-0.15, -0.1) is 0 Å². The number of nitro groups is 2. The van der Waals surface area contributed by atoms with Crippen LogP contribution in [0, 0.1) is 23.8 Å². The van der Waals surface area contributed by atoms with E-state index < -0.39 is 27.1 Å². The van der Waals surface area contributed by atoms with Crippen LogP contribution < -0.4 is 10.6 Å². The van der Waals surface area contributed by atoms with Gasteiger partial charge in [-0.25, -0.2) is 0 Å². The summed E-state index contributed by atoms with van der Waals surface area (Å²) >= 11 is 7.14. The van der Waals surface area contributed by atoms with Crippen LogP contribution in [0.4, 0.5) is 17.1 Å². The molecule has 0 bridgehead atoms. The highest BCUT2D eigenvalue weighted by molar-refractivity contribution is 14.1. The highest BCUT2D eigenvalue weighted by Gasteiger charge is 2.20. The van der Waals surface area contributed by atoms with Crippen LogP contribution in [-0.4, -0.2) is 20.9 Å². The average Bonchev–Trinajstić information content (AvgIpc) is 2.56. The number of carbonyl (C=O) groups excluding carboxylic acids is 1.